The van der Waals surface area contributed by atoms with Crippen molar-refractivity contribution >= 4 is 23.5 Å². The molecule has 2 aromatic heterocycles. The molecule has 17 heavy (non-hydrogen) atoms. The second kappa shape index (κ2) is 4.96. The SMILES string of the molecule is CNc1cc(Sc2nccc(C)n2)nc(N)n1. The van der Waals surface area contributed by atoms with E-state index in [1.165, 1.54) is 11.8 Å². The summed E-state index contributed by atoms with van der Waals surface area (Å²) in [6.45, 7) is 1.92. The van der Waals surface area contributed by atoms with Crippen molar-refractivity contribution in [3.8, 4) is 0 Å². The van der Waals surface area contributed by atoms with Crippen LogP contribution < -0.4 is 11.1 Å². The Kier molecular flexibility index (Phi) is 3.38. The number of aryl methyl sites for hydroxylation is 1. The topological polar surface area (TPSA) is 89.6 Å². The second-order valence-corrected chi connectivity index (χ2v) is 4.27. The summed E-state index contributed by atoms with van der Waals surface area (Å²) in [5.41, 5.74) is 6.52. The summed E-state index contributed by atoms with van der Waals surface area (Å²) in [6.07, 6.45) is 1.72. The van der Waals surface area contributed by atoms with Gasteiger partial charge in [-0.2, -0.15) is 4.98 Å². The molecule has 0 radical (unpaired) electrons. The predicted molar refractivity (Wildman–Crippen MR) is 66.9 cm³/mol. The first-order chi connectivity index (χ1) is 8.17. The summed E-state index contributed by atoms with van der Waals surface area (Å²) in [6, 6.07) is 3.64. The fraction of sp³-hybridized carbons (Fsp3) is 0.200. The van der Waals surface area contributed by atoms with Gasteiger partial charge in [0.1, 0.15) is 10.8 Å². The maximum Gasteiger partial charge on any atom is 0.223 e. The highest BCUT2D eigenvalue weighted by Crippen LogP contribution is 2.24. The lowest BCUT2D eigenvalue weighted by Crippen LogP contribution is -2.01. The number of nitrogens with one attached hydrogen (secondary N) is 1. The molecular weight excluding hydrogens is 236 g/mol. The molecule has 7 heteroatoms. The van der Waals surface area contributed by atoms with Crippen molar-refractivity contribution in [2.45, 2.75) is 17.1 Å². The lowest BCUT2D eigenvalue weighted by molar-refractivity contribution is 0.926. The smallest absolute Gasteiger partial charge is 0.223 e. The van der Waals surface area contributed by atoms with E-state index in [2.05, 4.69) is 25.3 Å². The molecule has 0 amide bonds. The van der Waals surface area contributed by atoms with Gasteiger partial charge in [0.25, 0.3) is 0 Å². The molecule has 0 aliphatic carbocycles. The van der Waals surface area contributed by atoms with Crippen LogP contribution in [0.4, 0.5) is 11.8 Å². The molecule has 6 nitrogen and oxygen atoms in total. The van der Waals surface area contributed by atoms with Gasteiger partial charge in [-0.3, -0.25) is 0 Å². The Hall–Kier alpha value is -1.89. The highest BCUT2D eigenvalue weighted by molar-refractivity contribution is 7.99. The van der Waals surface area contributed by atoms with Crippen LogP contribution in [-0.2, 0) is 0 Å². The molecule has 88 valence electrons. The Balaban J connectivity index is 2.26. The van der Waals surface area contributed by atoms with Crippen molar-refractivity contribution in [1.82, 2.24) is 19.9 Å². The number of anilines is 2. The summed E-state index contributed by atoms with van der Waals surface area (Å²) in [5.74, 6) is 0.902. The van der Waals surface area contributed by atoms with Crippen LogP contribution in [-0.4, -0.2) is 27.0 Å². The zero-order valence-corrected chi connectivity index (χ0v) is 10.3. The molecule has 2 rings (SSSR count). The van der Waals surface area contributed by atoms with Gasteiger partial charge in [0.2, 0.25) is 5.95 Å². The van der Waals surface area contributed by atoms with Gasteiger partial charge >= 0.3 is 0 Å². The Morgan fingerprint density at radius 2 is 2.12 bits per heavy atom. The summed E-state index contributed by atoms with van der Waals surface area (Å²) in [4.78, 5) is 16.6. The summed E-state index contributed by atoms with van der Waals surface area (Å²) >= 11 is 1.35. The van der Waals surface area contributed by atoms with Crippen LogP contribution in [0.1, 0.15) is 5.69 Å². The van der Waals surface area contributed by atoms with E-state index in [0.29, 0.717) is 16.0 Å². The van der Waals surface area contributed by atoms with Crippen LogP contribution in [0.25, 0.3) is 0 Å². The molecule has 0 atom stereocenters. The van der Waals surface area contributed by atoms with Crippen molar-refractivity contribution in [3.05, 3.63) is 24.0 Å². The highest BCUT2D eigenvalue weighted by Gasteiger charge is 2.05. The zero-order chi connectivity index (χ0) is 12.3. The molecule has 2 heterocycles. The normalized spacial score (nSPS) is 10.2. The maximum absolute atomic E-state index is 5.60. The van der Waals surface area contributed by atoms with Crippen LogP contribution in [0.15, 0.2) is 28.5 Å². The third-order valence-corrected chi connectivity index (χ3v) is 2.74. The lowest BCUT2D eigenvalue weighted by atomic mass is 10.5. The fourth-order valence-electron chi connectivity index (χ4n) is 1.19. The van der Waals surface area contributed by atoms with Crippen LogP contribution in [0, 0.1) is 6.92 Å². The number of hydrogen-bond acceptors (Lipinski definition) is 7. The molecule has 0 bridgehead atoms. The first kappa shape index (κ1) is 11.6. The molecule has 2 aromatic rings. The van der Waals surface area contributed by atoms with E-state index in [9.17, 15) is 0 Å². The number of aromatic nitrogens is 4. The quantitative estimate of drug-likeness (QED) is 0.626. The van der Waals surface area contributed by atoms with Gasteiger partial charge in [0.15, 0.2) is 5.16 Å². The first-order valence-electron chi connectivity index (χ1n) is 4.97. The summed E-state index contributed by atoms with van der Waals surface area (Å²) in [5, 5.41) is 4.28. The third-order valence-electron chi connectivity index (χ3n) is 1.94. The van der Waals surface area contributed by atoms with Gasteiger partial charge in [-0.1, -0.05) is 0 Å². The predicted octanol–water partition coefficient (Wildman–Crippen LogP) is 1.35. The van der Waals surface area contributed by atoms with Gasteiger partial charge in [-0.05, 0) is 24.8 Å². The van der Waals surface area contributed by atoms with Crippen LogP contribution in [0.3, 0.4) is 0 Å². The highest BCUT2D eigenvalue weighted by atomic mass is 32.2. The zero-order valence-electron chi connectivity index (χ0n) is 9.51. The largest absolute Gasteiger partial charge is 0.373 e. The van der Waals surface area contributed by atoms with Crippen molar-refractivity contribution in [2.24, 2.45) is 0 Å². The van der Waals surface area contributed by atoms with Crippen molar-refractivity contribution < 1.29 is 0 Å². The molecule has 3 N–H and O–H groups in total. The first-order valence-corrected chi connectivity index (χ1v) is 5.79. The molecule has 0 spiro atoms. The van der Waals surface area contributed by atoms with Crippen LogP contribution >= 0.6 is 11.8 Å². The van der Waals surface area contributed by atoms with Gasteiger partial charge < -0.3 is 11.1 Å². The van der Waals surface area contributed by atoms with Gasteiger partial charge in [0, 0.05) is 25.0 Å². The number of hydrogen-bond donors (Lipinski definition) is 2. The Bertz CT molecular complexity index is 530. The van der Waals surface area contributed by atoms with E-state index in [1.807, 2.05) is 13.0 Å². The number of nitrogen functional groups attached to an aromatic ring is 1. The van der Waals surface area contributed by atoms with Crippen molar-refractivity contribution in [3.63, 3.8) is 0 Å². The molecule has 0 aliphatic rings. The van der Waals surface area contributed by atoms with E-state index in [0.717, 1.165) is 5.69 Å². The summed E-state index contributed by atoms with van der Waals surface area (Å²) in [7, 11) is 1.78. The second-order valence-electron chi connectivity index (χ2n) is 3.28. The van der Waals surface area contributed by atoms with E-state index in [1.54, 1.807) is 19.3 Å². The Labute approximate surface area is 103 Å². The summed E-state index contributed by atoms with van der Waals surface area (Å²) < 4.78 is 0. The molecular formula is C10H12N6S. The van der Waals surface area contributed by atoms with E-state index >= 15 is 0 Å². The third kappa shape index (κ3) is 3.04. The number of nitrogens with zero attached hydrogens (tertiary/aromatic N) is 4. The van der Waals surface area contributed by atoms with Crippen molar-refractivity contribution in [2.75, 3.05) is 18.1 Å². The monoisotopic (exact) mass is 248 g/mol. The standard InChI is InChI=1S/C10H12N6S/c1-6-3-4-13-10(14-6)17-8-5-7(12-2)15-9(11)16-8/h3-5H,1-2H3,(H3,11,12,15,16). The van der Waals surface area contributed by atoms with Crippen molar-refractivity contribution in [1.29, 1.82) is 0 Å². The lowest BCUT2D eigenvalue weighted by Gasteiger charge is -2.04. The van der Waals surface area contributed by atoms with Gasteiger partial charge in [-0.15, -0.1) is 0 Å². The van der Waals surface area contributed by atoms with E-state index in [4.69, 9.17) is 5.73 Å². The Morgan fingerprint density at radius 3 is 2.82 bits per heavy atom. The average Bonchev–Trinajstić information content (AvgIpc) is 2.28. The number of nitrogens with two attached hydrogens (primary N) is 1. The fourth-order valence-corrected chi connectivity index (χ4v) is 1.99. The molecule has 0 unspecified atom stereocenters. The van der Waals surface area contributed by atoms with E-state index < -0.39 is 0 Å². The molecule has 0 saturated heterocycles. The minimum Gasteiger partial charge on any atom is -0.373 e. The molecule has 0 aliphatic heterocycles. The average molecular weight is 248 g/mol. The molecule has 0 fully saturated rings. The van der Waals surface area contributed by atoms with Crippen LogP contribution in [0.5, 0.6) is 0 Å². The maximum atomic E-state index is 5.60. The van der Waals surface area contributed by atoms with Crippen LogP contribution in [0.2, 0.25) is 0 Å². The van der Waals surface area contributed by atoms with Gasteiger partial charge in [-0.25, -0.2) is 15.0 Å². The van der Waals surface area contributed by atoms with E-state index in [-0.39, 0.29) is 5.95 Å². The van der Waals surface area contributed by atoms with Gasteiger partial charge in [0.05, 0.1) is 0 Å². The molecule has 0 aromatic carbocycles. The minimum atomic E-state index is 0.229. The Morgan fingerprint density at radius 1 is 1.29 bits per heavy atom. The minimum absolute atomic E-state index is 0.229. The number of rotatable bonds is 3. The molecule has 0 saturated carbocycles.